The molecule has 2 rings (SSSR count). The summed E-state index contributed by atoms with van der Waals surface area (Å²) in [6.45, 7) is 0. The number of H-pyrrole nitrogens is 1. The number of aliphatic carboxylic acids is 1. The Labute approximate surface area is 69.6 Å². The zero-order valence-corrected chi connectivity index (χ0v) is 6.58. The quantitative estimate of drug-likeness (QED) is 0.701. The lowest BCUT2D eigenvalue weighted by Gasteiger charge is -1.89. The highest BCUT2D eigenvalue weighted by Crippen LogP contribution is 2.38. The number of hydrogen-bond acceptors (Lipinski definition) is 2. The number of carboxylic acid groups (broad SMARTS) is 1. The standard InChI is InChI=1S/C8H10N2O2/c11-7(12)3-6-4-9-8(10-6)5-1-2-5/h4-5H,1-3H2,(H,9,10)(H,11,12). The van der Waals surface area contributed by atoms with Crippen molar-refractivity contribution in [2.45, 2.75) is 25.2 Å². The normalized spacial score (nSPS) is 16.3. The number of nitrogens with zero attached hydrogens (tertiary/aromatic N) is 1. The van der Waals surface area contributed by atoms with Crippen molar-refractivity contribution in [3.05, 3.63) is 17.7 Å². The minimum absolute atomic E-state index is 0.0414. The van der Waals surface area contributed by atoms with Crippen LogP contribution in [0.25, 0.3) is 0 Å². The Morgan fingerprint density at radius 2 is 2.50 bits per heavy atom. The first-order valence-corrected chi connectivity index (χ1v) is 4.01. The van der Waals surface area contributed by atoms with Crippen LogP contribution in [0.4, 0.5) is 0 Å². The number of carboxylic acids is 1. The van der Waals surface area contributed by atoms with Gasteiger partial charge in [0.1, 0.15) is 5.82 Å². The SMILES string of the molecule is O=C(O)Cc1cnc(C2CC2)[nH]1. The molecule has 1 aliphatic carbocycles. The molecule has 64 valence electrons. The first-order valence-electron chi connectivity index (χ1n) is 4.01. The first kappa shape index (κ1) is 7.34. The molecule has 0 radical (unpaired) electrons. The van der Waals surface area contributed by atoms with Gasteiger partial charge in [0, 0.05) is 17.8 Å². The number of aromatic nitrogens is 2. The van der Waals surface area contributed by atoms with Gasteiger partial charge in [0.05, 0.1) is 6.42 Å². The lowest BCUT2D eigenvalue weighted by Crippen LogP contribution is -2.00. The summed E-state index contributed by atoms with van der Waals surface area (Å²) in [7, 11) is 0. The molecule has 0 aromatic carbocycles. The van der Waals surface area contributed by atoms with Crippen LogP contribution in [0.2, 0.25) is 0 Å². The van der Waals surface area contributed by atoms with Crippen LogP contribution in [0, 0.1) is 0 Å². The van der Waals surface area contributed by atoms with Crippen LogP contribution in [0.5, 0.6) is 0 Å². The maximum absolute atomic E-state index is 10.3. The highest BCUT2D eigenvalue weighted by atomic mass is 16.4. The average Bonchev–Trinajstić information content (AvgIpc) is 2.73. The van der Waals surface area contributed by atoms with E-state index in [1.165, 1.54) is 12.8 Å². The zero-order valence-electron chi connectivity index (χ0n) is 6.58. The van der Waals surface area contributed by atoms with Crippen molar-refractivity contribution in [3.8, 4) is 0 Å². The van der Waals surface area contributed by atoms with Crippen molar-refractivity contribution >= 4 is 5.97 Å². The Morgan fingerprint density at radius 3 is 3.08 bits per heavy atom. The van der Waals surface area contributed by atoms with E-state index < -0.39 is 5.97 Å². The molecule has 0 spiro atoms. The largest absolute Gasteiger partial charge is 0.481 e. The molecule has 1 saturated carbocycles. The van der Waals surface area contributed by atoms with Gasteiger partial charge in [0.2, 0.25) is 0 Å². The van der Waals surface area contributed by atoms with Gasteiger partial charge in [0.15, 0.2) is 0 Å². The van der Waals surface area contributed by atoms with Crippen molar-refractivity contribution < 1.29 is 9.90 Å². The molecule has 0 bridgehead atoms. The van der Waals surface area contributed by atoms with E-state index in [0.717, 1.165) is 5.82 Å². The molecule has 2 N–H and O–H groups in total. The van der Waals surface area contributed by atoms with Crippen molar-refractivity contribution in [2.24, 2.45) is 0 Å². The second kappa shape index (κ2) is 2.62. The second-order valence-electron chi connectivity index (χ2n) is 3.14. The van der Waals surface area contributed by atoms with E-state index in [1.807, 2.05) is 0 Å². The van der Waals surface area contributed by atoms with Crippen molar-refractivity contribution in [1.29, 1.82) is 0 Å². The van der Waals surface area contributed by atoms with Crippen LogP contribution in [0.3, 0.4) is 0 Å². The van der Waals surface area contributed by atoms with Gasteiger partial charge in [-0.2, -0.15) is 0 Å². The fourth-order valence-electron chi connectivity index (χ4n) is 1.19. The summed E-state index contributed by atoms with van der Waals surface area (Å²) in [4.78, 5) is 17.4. The van der Waals surface area contributed by atoms with Crippen molar-refractivity contribution in [2.75, 3.05) is 0 Å². The molecule has 0 aliphatic heterocycles. The van der Waals surface area contributed by atoms with Crippen LogP contribution in [-0.2, 0) is 11.2 Å². The third-order valence-electron chi connectivity index (χ3n) is 1.95. The summed E-state index contributed by atoms with van der Waals surface area (Å²) in [6, 6.07) is 0. The summed E-state index contributed by atoms with van der Waals surface area (Å²) in [5, 5.41) is 8.48. The maximum Gasteiger partial charge on any atom is 0.309 e. The topological polar surface area (TPSA) is 66.0 Å². The Bertz CT molecular complexity index is 302. The van der Waals surface area contributed by atoms with E-state index in [2.05, 4.69) is 9.97 Å². The van der Waals surface area contributed by atoms with Gasteiger partial charge in [-0.15, -0.1) is 0 Å². The summed E-state index contributed by atoms with van der Waals surface area (Å²) in [5.74, 6) is 0.694. The number of carbonyl (C=O) groups is 1. The molecule has 4 heteroatoms. The van der Waals surface area contributed by atoms with Crippen molar-refractivity contribution in [1.82, 2.24) is 9.97 Å². The van der Waals surface area contributed by atoms with E-state index in [4.69, 9.17) is 5.11 Å². The first-order chi connectivity index (χ1) is 5.75. The van der Waals surface area contributed by atoms with Crippen LogP contribution < -0.4 is 0 Å². The monoisotopic (exact) mass is 166 g/mol. The number of nitrogens with one attached hydrogen (secondary N) is 1. The third-order valence-corrected chi connectivity index (χ3v) is 1.95. The van der Waals surface area contributed by atoms with E-state index in [1.54, 1.807) is 6.20 Å². The van der Waals surface area contributed by atoms with E-state index in [0.29, 0.717) is 11.6 Å². The molecule has 1 heterocycles. The van der Waals surface area contributed by atoms with Gasteiger partial charge in [-0.05, 0) is 12.8 Å². The van der Waals surface area contributed by atoms with Crippen LogP contribution in [0.1, 0.15) is 30.3 Å². The van der Waals surface area contributed by atoms with Crippen LogP contribution >= 0.6 is 0 Å². The number of rotatable bonds is 3. The molecule has 0 saturated heterocycles. The van der Waals surface area contributed by atoms with Gasteiger partial charge >= 0.3 is 5.97 Å². The smallest absolute Gasteiger partial charge is 0.309 e. The van der Waals surface area contributed by atoms with E-state index in [9.17, 15) is 4.79 Å². The molecular formula is C8H10N2O2. The molecule has 12 heavy (non-hydrogen) atoms. The van der Waals surface area contributed by atoms with E-state index in [-0.39, 0.29) is 6.42 Å². The maximum atomic E-state index is 10.3. The highest BCUT2D eigenvalue weighted by Gasteiger charge is 2.26. The summed E-state index contributed by atoms with van der Waals surface area (Å²) in [6.07, 6.45) is 4.02. The molecule has 1 aromatic heterocycles. The van der Waals surface area contributed by atoms with Gasteiger partial charge in [-0.1, -0.05) is 0 Å². The molecule has 0 unspecified atom stereocenters. The molecule has 1 aliphatic rings. The molecule has 0 amide bonds. The van der Waals surface area contributed by atoms with Gasteiger partial charge in [-0.3, -0.25) is 4.79 Å². The van der Waals surface area contributed by atoms with Crippen LogP contribution in [-0.4, -0.2) is 21.0 Å². The van der Waals surface area contributed by atoms with E-state index >= 15 is 0 Å². The fourth-order valence-corrected chi connectivity index (χ4v) is 1.19. The lowest BCUT2D eigenvalue weighted by atomic mass is 10.3. The summed E-state index contributed by atoms with van der Waals surface area (Å²) in [5.41, 5.74) is 0.699. The molecule has 0 atom stereocenters. The Morgan fingerprint density at radius 1 is 1.75 bits per heavy atom. The average molecular weight is 166 g/mol. The van der Waals surface area contributed by atoms with Crippen molar-refractivity contribution in [3.63, 3.8) is 0 Å². The minimum Gasteiger partial charge on any atom is -0.481 e. The fraction of sp³-hybridized carbons (Fsp3) is 0.500. The minimum atomic E-state index is -0.819. The van der Waals surface area contributed by atoms with Gasteiger partial charge < -0.3 is 10.1 Å². The molecule has 1 aromatic rings. The lowest BCUT2D eigenvalue weighted by molar-refractivity contribution is -0.136. The highest BCUT2D eigenvalue weighted by molar-refractivity contribution is 5.69. The van der Waals surface area contributed by atoms with Gasteiger partial charge in [0.25, 0.3) is 0 Å². The van der Waals surface area contributed by atoms with Gasteiger partial charge in [-0.25, -0.2) is 4.98 Å². The predicted octanol–water partition coefficient (Wildman–Crippen LogP) is 0.914. The molecular weight excluding hydrogens is 156 g/mol. The number of imidazole rings is 1. The summed E-state index contributed by atoms with van der Waals surface area (Å²) >= 11 is 0. The second-order valence-corrected chi connectivity index (χ2v) is 3.14. The Balaban J connectivity index is 2.07. The number of hydrogen-bond donors (Lipinski definition) is 2. The number of aromatic amines is 1. The molecule has 4 nitrogen and oxygen atoms in total. The van der Waals surface area contributed by atoms with Crippen LogP contribution in [0.15, 0.2) is 6.20 Å². The predicted molar refractivity (Wildman–Crippen MR) is 41.9 cm³/mol. The Kier molecular flexibility index (Phi) is 1.60. The molecule has 1 fully saturated rings. The summed E-state index contributed by atoms with van der Waals surface area (Å²) < 4.78 is 0. The third kappa shape index (κ3) is 1.47. The zero-order chi connectivity index (χ0) is 8.55. The Hall–Kier alpha value is -1.32.